The van der Waals surface area contributed by atoms with Crippen molar-refractivity contribution in [1.82, 2.24) is 9.88 Å². The van der Waals surface area contributed by atoms with Gasteiger partial charge < -0.3 is 14.7 Å². The van der Waals surface area contributed by atoms with E-state index in [2.05, 4.69) is 61.0 Å². The Morgan fingerprint density at radius 1 is 1.03 bits per heavy atom. The van der Waals surface area contributed by atoms with Gasteiger partial charge in [0, 0.05) is 43.5 Å². The van der Waals surface area contributed by atoms with Gasteiger partial charge in [0.15, 0.2) is 0 Å². The van der Waals surface area contributed by atoms with E-state index < -0.39 is 5.41 Å². The number of carbonyl (C=O) groups is 1. The molecule has 1 aromatic heterocycles. The number of hydrogen-bond acceptors (Lipinski definition) is 4. The van der Waals surface area contributed by atoms with Crippen LogP contribution in [0.4, 0.5) is 11.5 Å². The Bertz CT molecular complexity index is 826. The number of nitrogens with zero attached hydrogens (tertiary/aromatic N) is 4. The van der Waals surface area contributed by atoms with Crippen molar-refractivity contribution in [3.63, 3.8) is 0 Å². The van der Waals surface area contributed by atoms with E-state index in [1.807, 2.05) is 31.9 Å². The van der Waals surface area contributed by atoms with Crippen molar-refractivity contribution in [2.45, 2.75) is 41.2 Å². The minimum Gasteiger partial charge on any atom is -0.354 e. The lowest BCUT2D eigenvalue weighted by Gasteiger charge is -2.33. The third kappa shape index (κ3) is 5.36. The van der Waals surface area contributed by atoms with Crippen LogP contribution >= 0.6 is 0 Å². The maximum absolute atomic E-state index is 13.2. The SMILES string of the molecule is Cc1cc(C)cc(N(Cc2ccc(N3CCN(C)CC3)nc2)C(=O)C(C)(C)C)c1. The summed E-state index contributed by atoms with van der Waals surface area (Å²) in [4.78, 5) is 24.5. The first-order chi connectivity index (χ1) is 13.6. The van der Waals surface area contributed by atoms with Gasteiger partial charge in [-0.05, 0) is 55.8 Å². The smallest absolute Gasteiger partial charge is 0.232 e. The van der Waals surface area contributed by atoms with Crippen molar-refractivity contribution in [3.8, 4) is 0 Å². The molecule has 0 spiro atoms. The Morgan fingerprint density at radius 2 is 1.66 bits per heavy atom. The molecule has 1 amide bonds. The number of pyridine rings is 1. The average Bonchev–Trinajstić information content (AvgIpc) is 2.65. The zero-order valence-corrected chi connectivity index (χ0v) is 18.7. The van der Waals surface area contributed by atoms with Gasteiger partial charge in [-0.3, -0.25) is 4.79 Å². The van der Waals surface area contributed by atoms with E-state index in [0.717, 1.165) is 54.4 Å². The van der Waals surface area contributed by atoms with Gasteiger partial charge in [0.2, 0.25) is 5.91 Å². The highest BCUT2D eigenvalue weighted by atomic mass is 16.2. The molecule has 0 unspecified atom stereocenters. The van der Waals surface area contributed by atoms with Gasteiger partial charge >= 0.3 is 0 Å². The molecule has 2 aromatic rings. The molecule has 0 bridgehead atoms. The van der Waals surface area contributed by atoms with E-state index in [1.54, 1.807) is 0 Å². The summed E-state index contributed by atoms with van der Waals surface area (Å²) in [5, 5.41) is 0. The molecule has 1 fully saturated rings. The third-order valence-electron chi connectivity index (χ3n) is 5.38. The van der Waals surface area contributed by atoms with E-state index in [1.165, 1.54) is 0 Å². The van der Waals surface area contributed by atoms with Gasteiger partial charge in [-0.15, -0.1) is 0 Å². The standard InChI is InChI=1S/C24H34N4O/c1-18-13-19(2)15-21(14-18)28(23(29)24(3,4)5)17-20-7-8-22(25-16-20)27-11-9-26(6)10-12-27/h7-8,13-16H,9-12,17H2,1-6H3. The highest BCUT2D eigenvalue weighted by molar-refractivity contribution is 5.97. The van der Waals surface area contributed by atoms with Crippen molar-refractivity contribution in [2.75, 3.05) is 43.0 Å². The Hall–Kier alpha value is -2.40. The lowest BCUT2D eigenvalue weighted by molar-refractivity contribution is -0.125. The third-order valence-corrected chi connectivity index (χ3v) is 5.38. The summed E-state index contributed by atoms with van der Waals surface area (Å²) in [5.41, 5.74) is 3.86. The van der Waals surface area contributed by atoms with Gasteiger partial charge in [-0.2, -0.15) is 0 Å². The van der Waals surface area contributed by atoms with Gasteiger partial charge in [-0.25, -0.2) is 4.98 Å². The molecule has 1 aromatic carbocycles. The number of benzene rings is 1. The molecule has 0 atom stereocenters. The molecule has 29 heavy (non-hydrogen) atoms. The zero-order valence-electron chi connectivity index (χ0n) is 18.7. The molecular formula is C24H34N4O. The molecule has 1 saturated heterocycles. The highest BCUT2D eigenvalue weighted by Gasteiger charge is 2.29. The van der Waals surface area contributed by atoms with Crippen molar-refractivity contribution >= 4 is 17.4 Å². The first-order valence-corrected chi connectivity index (χ1v) is 10.4. The van der Waals surface area contributed by atoms with Crippen molar-refractivity contribution in [1.29, 1.82) is 0 Å². The lowest BCUT2D eigenvalue weighted by atomic mass is 9.94. The Balaban J connectivity index is 1.83. The van der Waals surface area contributed by atoms with Gasteiger partial charge in [0.1, 0.15) is 5.82 Å². The molecule has 0 aliphatic carbocycles. The maximum atomic E-state index is 13.2. The molecule has 1 aliphatic rings. The Morgan fingerprint density at radius 3 is 2.17 bits per heavy atom. The molecule has 5 nitrogen and oxygen atoms in total. The summed E-state index contributed by atoms with van der Waals surface area (Å²) in [6.07, 6.45) is 1.92. The molecule has 0 saturated carbocycles. The number of piperazine rings is 1. The molecule has 5 heteroatoms. The number of likely N-dealkylation sites (N-methyl/N-ethyl adjacent to an activating group) is 1. The van der Waals surface area contributed by atoms with Gasteiger partial charge in [-0.1, -0.05) is 32.9 Å². The summed E-state index contributed by atoms with van der Waals surface area (Å²) in [6, 6.07) is 10.5. The fraction of sp³-hybridized carbons (Fsp3) is 0.500. The van der Waals surface area contributed by atoms with E-state index in [-0.39, 0.29) is 5.91 Å². The number of aryl methyl sites for hydroxylation is 2. The second kappa shape index (κ2) is 8.54. The number of amides is 1. The predicted molar refractivity (Wildman–Crippen MR) is 121 cm³/mol. The highest BCUT2D eigenvalue weighted by Crippen LogP contribution is 2.27. The molecule has 2 heterocycles. The average molecular weight is 395 g/mol. The maximum Gasteiger partial charge on any atom is 0.232 e. The topological polar surface area (TPSA) is 39.7 Å². The van der Waals surface area contributed by atoms with Crippen molar-refractivity contribution in [3.05, 3.63) is 53.2 Å². The summed E-state index contributed by atoms with van der Waals surface area (Å²) in [7, 11) is 2.15. The van der Waals surface area contributed by atoms with Crippen LogP contribution in [-0.4, -0.2) is 49.0 Å². The van der Waals surface area contributed by atoms with Crippen LogP contribution in [0.25, 0.3) is 0 Å². The Kier molecular flexibility index (Phi) is 6.27. The normalized spacial score (nSPS) is 15.4. The number of aromatic nitrogens is 1. The minimum atomic E-state index is -0.454. The van der Waals surface area contributed by atoms with Crippen LogP contribution in [-0.2, 0) is 11.3 Å². The summed E-state index contributed by atoms with van der Waals surface area (Å²) < 4.78 is 0. The van der Waals surface area contributed by atoms with Gasteiger partial charge in [0.05, 0.1) is 6.54 Å². The molecular weight excluding hydrogens is 360 g/mol. The quantitative estimate of drug-likeness (QED) is 0.785. The first kappa shape index (κ1) is 21.3. The Labute approximate surface area is 175 Å². The molecule has 0 radical (unpaired) electrons. The summed E-state index contributed by atoms with van der Waals surface area (Å²) in [6.45, 7) is 14.7. The fourth-order valence-electron chi connectivity index (χ4n) is 3.71. The summed E-state index contributed by atoms with van der Waals surface area (Å²) >= 11 is 0. The van der Waals surface area contributed by atoms with Gasteiger partial charge in [0.25, 0.3) is 0 Å². The van der Waals surface area contributed by atoms with Crippen LogP contribution < -0.4 is 9.80 Å². The number of rotatable bonds is 4. The van der Waals surface area contributed by atoms with Crippen LogP contribution in [0, 0.1) is 19.3 Å². The van der Waals surface area contributed by atoms with Crippen LogP contribution in [0.15, 0.2) is 36.5 Å². The zero-order chi connectivity index (χ0) is 21.2. The molecule has 1 aliphatic heterocycles. The molecule has 3 rings (SSSR count). The van der Waals surface area contributed by atoms with Crippen LogP contribution in [0.5, 0.6) is 0 Å². The monoisotopic (exact) mass is 394 g/mol. The van der Waals surface area contributed by atoms with E-state index in [9.17, 15) is 4.79 Å². The largest absolute Gasteiger partial charge is 0.354 e. The first-order valence-electron chi connectivity index (χ1n) is 10.4. The summed E-state index contributed by atoms with van der Waals surface area (Å²) in [5.74, 6) is 1.13. The van der Waals surface area contributed by atoms with Crippen LogP contribution in [0.3, 0.4) is 0 Å². The minimum absolute atomic E-state index is 0.116. The fourth-order valence-corrected chi connectivity index (χ4v) is 3.71. The number of anilines is 2. The van der Waals surface area contributed by atoms with Crippen LogP contribution in [0.1, 0.15) is 37.5 Å². The predicted octanol–water partition coefficient (Wildman–Crippen LogP) is 4.03. The van der Waals surface area contributed by atoms with E-state index >= 15 is 0 Å². The van der Waals surface area contributed by atoms with Crippen LogP contribution in [0.2, 0.25) is 0 Å². The molecule has 156 valence electrons. The van der Waals surface area contributed by atoms with E-state index in [0.29, 0.717) is 6.54 Å². The number of carbonyl (C=O) groups excluding carboxylic acids is 1. The number of hydrogen-bond donors (Lipinski definition) is 0. The lowest BCUT2D eigenvalue weighted by Crippen LogP contribution is -2.44. The second-order valence-electron chi connectivity index (χ2n) is 9.30. The van der Waals surface area contributed by atoms with Crippen molar-refractivity contribution < 1.29 is 4.79 Å². The van der Waals surface area contributed by atoms with Crippen molar-refractivity contribution in [2.24, 2.45) is 5.41 Å². The van der Waals surface area contributed by atoms with E-state index in [4.69, 9.17) is 4.98 Å². The molecule has 0 N–H and O–H groups in total. The second-order valence-corrected chi connectivity index (χ2v) is 9.30.